The predicted octanol–water partition coefficient (Wildman–Crippen LogP) is 5.53. The molecule has 0 aromatic heterocycles. The summed E-state index contributed by atoms with van der Waals surface area (Å²) in [6.45, 7) is 0. The number of nitrogens with one attached hydrogen (secondary N) is 1. The van der Waals surface area contributed by atoms with E-state index in [9.17, 15) is 9.59 Å². The monoisotopic (exact) mass is 546 g/mol. The molecule has 0 aliphatic carbocycles. The van der Waals surface area contributed by atoms with E-state index >= 15 is 0 Å². The van der Waals surface area contributed by atoms with Crippen LogP contribution in [0.5, 0.6) is 17.2 Å². The van der Waals surface area contributed by atoms with Crippen molar-refractivity contribution in [3.63, 3.8) is 0 Å². The second-order valence-corrected chi connectivity index (χ2v) is 8.67. The third kappa shape index (κ3) is 5.90. The SMILES string of the molecule is COc1ccc(C(=O)Oc2ccc(Br)cc2/C=N/NC(=O)Cc2cccc3ccccc23)cc1OC. The highest BCUT2D eigenvalue weighted by molar-refractivity contribution is 9.10. The van der Waals surface area contributed by atoms with Crippen molar-refractivity contribution in [2.75, 3.05) is 14.2 Å². The molecule has 0 radical (unpaired) electrons. The largest absolute Gasteiger partial charge is 0.493 e. The number of carbonyl (C=O) groups is 2. The minimum atomic E-state index is -0.576. The van der Waals surface area contributed by atoms with Crippen LogP contribution in [0.4, 0.5) is 0 Å². The lowest BCUT2D eigenvalue weighted by molar-refractivity contribution is -0.120. The van der Waals surface area contributed by atoms with E-state index in [-0.39, 0.29) is 18.1 Å². The Morgan fingerprint density at radius 3 is 2.44 bits per heavy atom. The summed E-state index contributed by atoms with van der Waals surface area (Å²) >= 11 is 3.41. The number of fused-ring (bicyclic) bond motifs is 1. The normalized spacial score (nSPS) is 10.9. The molecule has 4 aromatic carbocycles. The zero-order valence-corrected chi connectivity index (χ0v) is 21.2. The Labute approximate surface area is 216 Å². The second-order valence-electron chi connectivity index (χ2n) is 7.75. The van der Waals surface area contributed by atoms with Crippen LogP contribution >= 0.6 is 15.9 Å². The van der Waals surface area contributed by atoms with Crippen molar-refractivity contribution in [2.24, 2.45) is 5.10 Å². The summed E-state index contributed by atoms with van der Waals surface area (Å²) in [5, 5.41) is 6.17. The van der Waals surface area contributed by atoms with E-state index in [1.165, 1.54) is 20.4 Å². The van der Waals surface area contributed by atoms with Crippen LogP contribution in [0.3, 0.4) is 0 Å². The molecular formula is C28H23BrN2O5. The van der Waals surface area contributed by atoms with Crippen LogP contribution < -0.4 is 19.6 Å². The van der Waals surface area contributed by atoms with Gasteiger partial charge in [-0.1, -0.05) is 58.4 Å². The maximum absolute atomic E-state index is 12.8. The fourth-order valence-electron chi connectivity index (χ4n) is 3.67. The number of amides is 1. The molecule has 36 heavy (non-hydrogen) atoms. The molecule has 0 saturated carbocycles. The number of methoxy groups -OCH3 is 2. The topological polar surface area (TPSA) is 86.2 Å². The van der Waals surface area contributed by atoms with E-state index in [1.807, 2.05) is 42.5 Å². The van der Waals surface area contributed by atoms with Gasteiger partial charge in [0.1, 0.15) is 5.75 Å². The first-order chi connectivity index (χ1) is 17.5. The van der Waals surface area contributed by atoms with E-state index < -0.39 is 5.97 Å². The molecule has 0 unspecified atom stereocenters. The van der Waals surface area contributed by atoms with Gasteiger partial charge in [0, 0.05) is 10.0 Å². The minimum Gasteiger partial charge on any atom is -0.493 e. The highest BCUT2D eigenvalue weighted by Gasteiger charge is 2.15. The number of nitrogens with zero attached hydrogens (tertiary/aromatic N) is 1. The molecule has 1 amide bonds. The molecule has 8 heteroatoms. The van der Waals surface area contributed by atoms with Crippen molar-refractivity contribution >= 4 is 44.8 Å². The molecule has 0 fully saturated rings. The van der Waals surface area contributed by atoms with Crippen molar-refractivity contribution < 1.29 is 23.8 Å². The number of ether oxygens (including phenoxy) is 3. The average molecular weight is 547 g/mol. The smallest absolute Gasteiger partial charge is 0.343 e. The highest BCUT2D eigenvalue weighted by Crippen LogP contribution is 2.29. The molecule has 0 aliphatic rings. The van der Waals surface area contributed by atoms with E-state index in [2.05, 4.69) is 26.5 Å². The Kier molecular flexibility index (Phi) is 7.97. The molecule has 182 valence electrons. The molecule has 0 saturated heterocycles. The summed E-state index contributed by atoms with van der Waals surface area (Å²) in [5.74, 6) is 0.364. The quantitative estimate of drug-likeness (QED) is 0.136. The standard InChI is InChI=1S/C28H23BrN2O5/c1-34-25-12-10-20(15-26(25)35-2)28(33)36-24-13-11-22(29)14-21(24)17-30-31-27(32)16-19-8-5-7-18-6-3-4-9-23(18)19/h3-15,17H,16H2,1-2H3,(H,31,32)/b30-17+. The molecule has 0 aliphatic heterocycles. The van der Waals surface area contributed by atoms with Gasteiger partial charge in [-0.25, -0.2) is 10.2 Å². The number of rotatable bonds is 8. The number of hydrogen-bond acceptors (Lipinski definition) is 6. The number of carbonyl (C=O) groups excluding carboxylic acids is 2. The lowest BCUT2D eigenvalue weighted by atomic mass is 10.0. The van der Waals surface area contributed by atoms with Crippen LogP contribution in [-0.2, 0) is 11.2 Å². The first-order valence-electron chi connectivity index (χ1n) is 11.0. The zero-order chi connectivity index (χ0) is 25.5. The third-order valence-corrected chi connectivity index (χ3v) is 5.91. The molecule has 4 aromatic rings. The Hall–Kier alpha value is -4.17. The van der Waals surface area contributed by atoms with Gasteiger partial charge in [-0.05, 0) is 52.7 Å². The first-order valence-corrected chi connectivity index (χ1v) is 11.8. The van der Waals surface area contributed by atoms with Crippen LogP contribution in [0.15, 0.2) is 88.4 Å². The first kappa shape index (κ1) is 24.9. The molecule has 7 nitrogen and oxygen atoms in total. The van der Waals surface area contributed by atoms with E-state index in [0.717, 1.165) is 20.8 Å². The summed E-state index contributed by atoms with van der Waals surface area (Å²) in [7, 11) is 3.01. The number of hydrazone groups is 1. The molecule has 0 spiro atoms. The van der Waals surface area contributed by atoms with Gasteiger partial charge >= 0.3 is 5.97 Å². The number of hydrogen-bond donors (Lipinski definition) is 1. The van der Waals surface area contributed by atoms with Gasteiger partial charge in [0.25, 0.3) is 0 Å². The summed E-state index contributed by atoms with van der Waals surface area (Å²) in [4.78, 5) is 25.3. The molecule has 0 atom stereocenters. The molecule has 0 bridgehead atoms. The van der Waals surface area contributed by atoms with Crippen LogP contribution in [-0.4, -0.2) is 32.3 Å². The fraction of sp³-hybridized carbons (Fsp3) is 0.107. The molecule has 4 rings (SSSR count). The van der Waals surface area contributed by atoms with E-state index in [0.29, 0.717) is 22.6 Å². The lowest BCUT2D eigenvalue weighted by Crippen LogP contribution is -2.20. The maximum Gasteiger partial charge on any atom is 0.343 e. The van der Waals surface area contributed by atoms with Crippen LogP contribution in [0.25, 0.3) is 10.8 Å². The van der Waals surface area contributed by atoms with Crippen LogP contribution in [0.1, 0.15) is 21.5 Å². The van der Waals surface area contributed by atoms with Crippen molar-refractivity contribution in [1.29, 1.82) is 0 Å². The predicted molar refractivity (Wildman–Crippen MR) is 142 cm³/mol. The van der Waals surface area contributed by atoms with Gasteiger partial charge in [0.2, 0.25) is 5.91 Å². The molecular weight excluding hydrogens is 524 g/mol. The summed E-state index contributed by atoms with van der Waals surface area (Å²) in [5.41, 5.74) is 4.25. The summed E-state index contributed by atoms with van der Waals surface area (Å²) < 4.78 is 16.8. The Bertz CT molecular complexity index is 1450. The highest BCUT2D eigenvalue weighted by atomic mass is 79.9. The van der Waals surface area contributed by atoms with Crippen molar-refractivity contribution in [2.45, 2.75) is 6.42 Å². The fourth-order valence-corrected chi connectivity index (χ4v) is 4.05. The van der Waals surface area contributed by atoms with Crippen molar-refractivity contribution in [3.8, 4) is 17.2 Å². The summed E-state index contributed by atoms with van der Waals surface area (Å²) in [6, 6.07) is 23.6. The minimum absolute atomic E-state index is 0.179. The van der Waals surface area contributed by atoms with Crippen LogP contribution in [0, 0.1) is 0 Å². The number of halogens is 1. The van der Waals surface area contributed by atoms with Gasteiger partial charge in [0.05, 0.1) is 32.4 Å². The number of esters is 1. The van der Waals surface area contributed by atoms with E-state index in [4.69, 9.17) is 14.2 Å². The van der Waals surface area contributed by atoms with Crippen LogP contribution in [0.2, 0.25) is 0 Å². The van der Waals surface area contributed by atoms with Gasteiger partial charge in [-0.2, -0.15) is 5.10 Å². The zero-order valence-electron chi connectivity index (χ0n) is 19.7. The lowest BCUT2D eigenvalue weighted by Gasteiger charge is -2.11. The Balaban J connectivity index is 1.46. The van der Waals surface area contributed by atoms with Crippen molar-refractivity contribution in [1.82, 2.24) is 5.43 Å². The Morgan fingerprint density at radius 1 is 0.889 bits per heavy atom. The third-order valence-electron chi connectivity index (χ3n) is 5.42. The van der Waals surface area contributed by atoms with E-state index in [1.54, 1.807) is 36.4 Å². The van der Waals surface area contributed by atoms with Crippen molar-refractivity contribution in [3.05, 3.63) is 100 Å². The Morgan fingerprint density at radius 2 is 1.64 bits per heavy atom. The second kappa shape index (κ2) is 11.5. The van der Waals surface area contributed by atoms with Gasteiger partial charge in [-0.15, -0.1) is 0 Å². The average Bonchev–Trinajstić information content (AvgIpc) is 2.89. The molecule has 1 N–H and O–H groups in total. The van der Waals surface area contributed by atoms with Gasteiger partial charge < -0.3 is 14.2 Å². The number of benzene rings is 4. The maximum atomic E-state index is 12.8. The molecule has 0 heterocycles. The summed E-state index contributed by atoms with van der Waals surface area (Å²) in [6.07, 6.45) is 1.61. The van der Waals surface area contributed by atoms with Gasteiger partial charge in [-0.3, -0.25) is 4.79 Å². The van der Waals surface area contributed by atoms with Gasteiger partial charge in [0.15, 0.2) is 11.5 Å².